The molecule has 0 atom stereocenters. The summed E-state index contributed by atoms with van der Waals surface area (Å²) in [5, 5.41) is 15.4. The molecule has 1 aromatic heterocycles. The Morgan fingerprint density at radius 2 is 1.77 bits per heavy atom. The monoisotopic (exact) mass is 416 g/mol. The minimum Gasteiger partial charge on any atom is -0.488 e. The van der Waals surface area contributed by atoms with Gasteiger partial charge in [0, 0.05) is 17.7 Å². The van der Waals surface area contributed by atoms with Crippen LogP contribution in [-0.4, -0.2) is 20.8 Å². The minimum absolute atomic E-state index is 0.173. The molecule has 1 N–H and O–H groups in total. The summed E-state index contributed by atoms with van der Waals surface area (Å²) in [6.45, 7) is 0.232. The van der Waals surface area contributed by atoms with Gasteiger partial charge in [-0.2, -0.15) is 5.10 Å². The summed E-state index contributed by atoms with van der Waals surface area (Å²) in [7, 11) is 0. The second-order valence-corrected chi connectivity index (χ2v) is 6.59. The minimum atomic E-state index is -0.725. The van der Waals surface area contributed by atoms with E-state index in [1.807, 2.05) is 30.3 Å². The van der Waals surface area contributed by atoms with Crippen LogP contribution in [0.2, 0.25) is 0 Å². The Morgan fingerprint density at radius 1 is 1.03 bits per heavy atom. The van der Waals surface area contributed by atoms with Crippen LogP contribution >= 0.6 is 0 Å². The van der Waals surface area contributed by atoms with E-state index in [-0.39, 0.29) is 17.9 Å². The molecule has 0 saturated carbocycles. The summed E-state index contributed by atoms with van der Waals surface area (Å²) >= 11 is 0. The van der Waals surface area contributed by atoms with Gasteiger partial charge in [0.15, 0.2) is 0 Å². The van der Waals surface area contributed by atoms with Crippen LogP contribution in [0.15, 0.2) is 87.5 Å². The van der Waals surface area contributed by atoms with Crippen molar-refractivity contribution in [2.45, 2.75) is 6.61 Å². The fraction of sp³-hybridized carbons (Fsp3) is 0.0455. The third-order valence-corrected chi connectivity index (χ3v) is 4.54. The lowest BCUT2D eigenvalue weighted by Crippen LogP contribution is -2.32. The van der Waals surface area contributed by atoms with E-state index in [1.165, 1.54) is 24.4 Å². The Labute approximate surface area is 175 Å². The molecule has 1 heterocycles. The van der Waals surface area contributed by atoms with Crippen LogP contribution in [0, 0.1) is 10.1 Å². The zero-order chi connectivity index (χ0) is 21.8. The highest BCUT2D eigenvalue weighted by Crippen LogP contribution is 2.24. The van der Waals surface area contributed by atoms with Crippen LogP contribution in [-0.2, 0) is 6.61 Å². The van der Waals surface area contributed by atoms with E-state index < -0.39 is 16.2 Å². The molecular weight excluding hydrogens is 400 g/mol. The molecule has 0 aliphatic heterocycles. The molecule has 154 valence electrons. The number of H-pyrrole nitrogens is 1. The van der Waals surface area contributed by atoms with Crippen molar-refractivity contribution in [3.63, 3.8) is 0 Å². The van der Waals surface area contributed by atoms with Gasteiger partial charge in [0.1, 0.15) is 12.4 Å². The predicted octanol–water partition coefficient (Wildman–Crippen LogP) is 3.06. The lowest BCUT2D eigenvalue weighted by atomic mass is 10.2. The third kappa shape index (κ3) is 4.25. The number of hydrogen-bond donors (Lipinski definition) is 1. The number of nitrogens with one attached hydrogen (secondary N) is 1. The Morgan fingerprint density at radius 3 is 2.55 bits per heavy atom. The van der Waals surface area contributed by atoms with Crippen LogP contribution in [0.1, 0.15) is 11.1 Å². The van der Waals surface area contributed by atoms with E-state index in [4.69, 9.17) is 4.74 Å². The second kappa shape index (κ2) is 8.46. The summed E-state index contributed by atoms with van der Waals surface area (Å²) in [6.07, 6.45) is 1.19. The number of nitro groups is 1. The molecule has 0 amide bonds. The summed E-state index contributed by atoms with van der Waals surface area (Å²) in [5.74, 6) is 0.323. The molecule has 9 heteroatoms. The van der Waals surface area contributed by atoms with Gasteiger partial charge < -0.3 is 9.72 Å². The number of aromatic amines is 1. The van der Waals surface area contributed by atoms with E-state index >= 15 is 0 Å². The predicted molar refractivity (Wildman–Crippen MR) is 116 cm³/mol. The molecule has 0 spiro atoms. The van der Waals surface area contributed by atoms with Crippen molar-refractivity contribution in [3.8, 4) is 5.75 Å². The highest BCUT2D eigenvalue weighted by molar-refractivity contribution is 5.85. The van der Waals surface area contributed by atoms with E-state index in [1.54, 1.807) is 24.3 Å². The van der Waals surface area contributed by atoms with Crippen molar-refractivity contribution in [1.82, 2.24) is 9.66 Å². The fourth-order valence-corrected chi connectivity index (χ4v) is 2.99. The Balaban J connectivity index is 1.73. The van der Waals surface area contributed by atoms with Crippen LogP contribution in [0.5, 0.6) is 5.75 Å². The first-order chi connectivity index (χ1) is 15.0. The Hall–Kier alpha value is -4.53. The number of nitro benzene ring substituents is 1. The topological polar surface area (TPSA) is 120 Å². The van der Waals surface area contributed by atoms with Crippen molar-refractivity contribution >= 4 is 22.8 Å². The molecule has 0 radical (unpaired) electrons. The van der Waals surface area contributed by atoms with Crippen LogP contribution < -0.4 is 16.0 Å². The maximum Gasteiger partial charge on any atom is 0.349 e. The standard InChI is InChI=1S/C22H16N4O5/c27-21-18-8-4-5-9-19(18)24-22(28)25(21)23-13-16-12-17(26(29)30)10-11-20(16)31-14-15-6-2-1-3-7-15/h1-13H,14H2,(H,24,28). The second-order valence-electron chi connectivity index (χ2n) is 6.59. The average Bonchev–Trinajstić information content (AvgIpc) is 2.78. The Bertz CT molecular complexity index is 1410. The van der Waals surface area contributed by atoms with E-state index in [0.717, 1.165) is 5.56 Å². The molecule has 0 saturated heterocycles. The number of non-ortho nitro benzene ring substituents is 1. The summed E-state index contributed by atoms with van der Waals surface area (Å²) in [4.78, 5) is 38.1. The first kappa shape index (κ1) is 19.8. The summed E-state index contributed by atoms with van der Waals surface area (Å²) in [5.41, 5.74) is 0.0555. The van der Waals surface area contributed by atoms with Gasteiger partial charge in [0.2, 0.25) is 0 Å². The normalized spacial score (nSPS) is 11.1. The number of fused-ring (bicyclic) bond motifs is 1. The van der Waals surface area contributed by atoms with E-state index in [2.05, 4.69) is 10.1 Å². The molecule has 4 aromatic rings. The van der Waals surface area contributed by atoms with Gasteiger partial charge in [-0.25, -0.2) is 4.79 Å². The number of rotatable bonds is 6. The molecular formula is C22H16N4O5. The zero-order valence-electron chi connectivity index (χ0n) is 16.1. The Kier molecular flexibility index (Phi) is 5.39. The third-order valence-electron chi connectivity index (χ3n) is 4.54. The molecule has 0 aliphatic rings. The van der Waals surface area contributed by atoms with Crippen molar-refractivity contribution in [2.24, 2.45) is 5.10 Å². The van der Waals surface area contributed by atoms with Crippen molar-refractivity contribution < 1.29 is 9.66 Å². The number of benzene rings is 3. The molecule has 0 bridgehead atoms. The molecule has 3 aromatic carbocycles. The highest BCUT2D eigenvalue weighted by Gasteiger charge is 2.12. The lowest BCUT2D eigenvalue weighted by molar-refractivity contribution is -0.384. The van der Waals surface area contributed by atoms with Gasteiger partial charge in [-0.1, -0.05) is 42.5 Å². The van der Waals surface area contributed by atoms with E-state index in [9.17, 15) is 19.7 Å². The number of ether oxygens (including phenoxy) is 1. The van der Waals surface area contributed by atoms with Gasteiger partial charge >= 0.3 is 5.69 Å². The SMILES string of the molecule is O=c1[nH]c2ccccc2c(=O)n1N=Cc1cc([N+](=O)[O-])ccc1OCc1ccccc1. The molecule has 4 rings (SSSR count). The number of para-hydroxylation sites is 1. The average molecular weight is 416 g/mol. The van der Waals surface area contributed by atoms with Gasteiger partial charge in [-0.15, -0.1) is 4.68 Å². The quantitative estimate of drug-likeness (QED) is 0.294. The van der Waals surface area contributed by atoms with Gasteiger partial charge in [-0.3, -0.25) is 14.9 Å². The largest absolute Gasteiger partial charge is 0.488 e. The molecule has 9 nitrogen and oxygen atoms in total. The zero-order valence-corrected chi connectivity index (χ0v) is 16.1. The molecule has 0 unspecified atom stereocenters. The van der Waals surface area contributed by atoms with Crippen LogP contribution in [0.3, 0.4) is 0 Å². The molecule has 31 heavy (non-hydrogen) atoms. The van der Waals surface area contributed by atoms with Crippen molar-refractivity contribution in [3.05, 3.63) is 115 Å². The van der Waals surface area contributed by atoms with Crippen LogP contribution in [0.4, 0.5) is 5.69 Å². The maximum absolute atomic E-state index is 12.6. The lowest BCUT2D eigenvalue weighted by Gasteiger charge is -2.09. The summed E-state index contributed by atoms with van der Waals surface area (Å²) < 4.78 is 6.46. The maximum atomic E-state index is 12.6. The van der Waals surface area contributed by atoms with Gasteiger partial charge in [0.25, 0.3) is 11.2 Å². The first-order valence-corrected chi connectivity index (χ1v) is 9.26. The first-order valence-electron chi connectivity index (χ1n) is 9.26. The van der Waals surface area contributed by atoms with Crippen LogP contribution in [0.25, 0.3) is 10.9 Å². The van der Waals surface area contributed by atoms with Crippen molar-refractivity contribution in [1.29, 1.82) is 0 Å². The smallest absolute Gasteiger partial charge is 0.349 e. The van der Waals surface area contributed by atoms with Gasteiger partial charge in [-0.05, 0) is 23.8 Å². The van der Waals surface area contributed by atoms with Gasteiger partial charge in [0.05, 0.1) is 22.0 Å². The number of hydrogen-bond acceptors (Lipinski definition) is 6. The van der Waals surface area contributed by atoms with Crippen molar-refractivity contribution in [2.75, 3.05) is 0 Å². The fourth-order valence-electron chi connectivity index (χ4n) is 2.99. The van der Waals surface area contributed by atoms with E-state index in [0.29, 0.717) is 21.3 Å². The number of aromatic nitrogens is 2. The summed E-state index contributed by atoms with van der Waals surface area (Å²) in [6, 6.07) is 20.0. The molecule has 0 aliphatic carbocycles. The highest BCUT2D eigenvalue weighted by atomic mass is 16.6. The molecule has 0 fully saturated rings. The number of nitrogens with zero attached hydrogens (tertiary/aromatic N) is 3.